The van der Waals surface area contributed by atoms with Crippen LogP contribution in [0.2, 0.25) is 0 Å². The van der Waals surface area contributed by atoms with Gasteiger partial charge >= 0.3 is 0 Å². The van der Waals surface area contributed by atoms with Gasteiger partial charge in [-0.2, -0.15) is 5.26 Å². The van der Waals surface area contributed by atoms with Gasteiger partial charge in [0.05, 0.1) is 11.6 Å². The van der Waals surface area contributed by atoms with E-state index in [9.17, 15) is 4.39 Å². The third kappa shape index (κ3) is 3.49. The lowest BCUT2D eigenvalue weighted by atomic mass is 10.0. The highest BCUT2D eigenvalue weighted by Crippen LogP contribution is 2.34. The van der Waals surface area contributed by atoms with Gasteiger partial charge in [0, 0.05) is 17.4 Å². The van der Waals surface area contributed by atoms with Crippen LogP contribution in [0, 0.1) is 24.1 Å². The van der Waals surface area contributed by atoms with Gasteiger partial charge in [-0.15, -0.1) is 13.2 Å². The average Bonchev–Trinajstić information content (AvgIpc) is 3.08. The summed E-state index contributed by atoms with van der Waals surface area (Å²) >= 11 is 0. The van der Waals surface area contributed by atoms with Crippen molar-refractivity contribution in [3.05, 3.63) is 97.0 Å². The predicted octanol–water partition coefficient (Wildman–Crippen LogP) is 5.87. The van der Waals surface area contributed by atoms with Crippen LogP contribution in [-0.2, 0) is 0 Å². The zero-order valence-electron chi connectivity index (χ0n) is 15.5. The molecule has 0 saturated carbocycles. The van der Waals surface area contributed by atoms with Crippen molar-refractivity contribution in [2.75, 3.05) is 5.32 Å². The lowest BCUT2D eigenvalue weighted by Gasteiger charge is -2.11. The summed E-state index contributed by atoms with van der Waals surface area (Å²) in [6.07, 6.45) is 1.87. The van der Waals surface area contributed by atoms with Crippen molar-refractivity contribution in [3.63, 3.8) is 0 Å². The second-order valence-electron chi connectivity index (χ2n) is 5.99. The molecule has 0 atom stereocenters. The van der Waals surface area contributed by atoms with Crippen LogP contribution < -0.4 is 5.32 Å². The van der Waals surface area contributed by atoms with Crippen molar-refractivity contribution in [2.24, 2.45) is 0 Å². The fourth-order valence-electron chi connectivity index (χ4n) is 3.02. The molecule has 2 aromatic heterocycles. The van der Waals surface area contributed by atoms with Crippen LogP contribution >= 0.6 is 0 Å². The van der Waals surface area contributed by atoms with E-state index >= 15 is 0 Å². The minimum Gasteiger partial charge on any atom is -0.339 e. The zero-order chi connectivity index (χ0) is 20.1. The van der Waals surface area contributed by atoms with Crippen LogP contribution in [0.4, 0.5) is 15.9 Å². The summed E-state index contributed by atoms with van der Waals surface area (Å²) in [5.74, 6) is 0.339. The molecule has 0 fully saturated rings. The average molecular weight is 370 g/mol. The second kappa shape index (κ2) is 8.19. The highest BCUT2D eigenvalue weighted by molar-refractivity contribution is 5.81. The molecule has 0 amide bonds. The molecule has 0 bridgehead atoms. The summed E-state index contributed by atoms with van der Waals surface area (Å²) in [5, 5.41) is 12.4. The van der Waals surface area contributed by atoms with Gasteiger partial charge in [0.25, 0.3) is 0 Å². The first-order valence-electron chi connectivity index (χ1n) is 8.67. The summed E-state index contributed by atoms with van der Waals surface area (Å²) < 4.78 is 16.5. The quantitative estimate of drug-likeness (QED) is 0.459. The Morgan fingerprint density at radius 1 is 1.07 bits per heavy atom. The fourth-order valence-corrected chi connectivity index (χ4v) is 3.02. The van der Waals surface area contributed by atoms with Gasteiger partial charge in [-0.3, -0.25) is 4.40 Å². The van der Waals surface area contributed by atoms with Crippen LogP contribution in [0.1, 0.15) is 11.1 Å². The number of imidazole rings is 1. The number of hydrogen-bond acceptors (Lipinski definition) is 3. The molecule has 0 spiro atoms. The Labute approximate surface area is 163 Å². The van der Waals surface area contributed by atoms with E-state index in [-0.39, 0.29) is 5.82 Å². The molecule has 0 aliphatic heterocycles. The first-order valence-corrected chi connectivity index (χ1v) is 8.67. The minimum atomic E-state index is -0.317. The Morgan fingerprint density at radius 3 is 2.61 bits per heavy atom. The molecule has 138 valence electrons. The molecular weight excluding hydrogens is 351 g/mol. The van der Waals surface area contributed by atoms with E-state index in [1.54, 1.807) is 24.3 Å². The van der Waals surface area contributed by atoms with Crippen LogP contribution in [-0.4, -0.2) is 9.38 Å². The minimum absolute atomic E-state index is 0.317. The first kappa shape index (κ1) is 18.9. The third-order valence-corrected chi connectivity index (χ3v) is 4.24. The number of fused-ring (bicyclic) bond motifs is 1. The topological polar surface area (TPSA) is 53.1 Å². The molecule has 5 heteroatoms. The molecule has 0 aliphatic carbocycles. The molecule has 4 aromatic rings. The number of halogens is 1. The number of nitrogens with one attached hydrogen (secondary N) is 1. The van der Waals surface area contributed by atoms with Gasteiger partial charge in [-0.1, -0.05) is 24.3 Å². The first-order chi connectivity index (χ1) is 13.7. The third-order valence-electron chi connectivity index (χ3n) is 4.24. The molecule has 4 rings (SSSR count). The summed E-state index contributed by atoms with van der Waals surface area (Å²) in [6.45, 7) is 7.86. The molecular formula is C23H19FN4. The smallest absolute Gasteiger partial charge is 0.143 e. The van der Waals surface area contributed by atoms with E-state index in [2.05, 4.69) is 29.5 Å². The maximum Gasteiger partial charge on any atom is 0.143 e. The van der Waals surface area contributed by atoms with Gasteiger partial charge in [-0.05, 0) is 48.9 Å². The monoisotopic (exact) mass is 370 g/mol. The van der Waals surface area contributed by atoms with Crippen molar-refractivity contribution in [3.8, 4) is 17.3 Å². The van der Waals surface area contributed by atoms with Crippen molar-refractivity contribution in [1.82, 2.24) is 9.38 Å². The fraction of sp³-hybridized carbons (Fsp3) is 0.0435. The number of pyridine rings is 1. The summed E-state index contributed by atoms with van der Waals surface area (Å²) in [5.41, 5.74) is 3.81. The number of rotatable bonds is 3. The van der Waals surface area contributed by atoms with Crippen LogP contribution in [0.15, 0.2) is 80.0 Å². The number of nitrogens with zero attached hydrogens (tertiary/aromatic N) is 3. The molecule has 0 saturated heterocycles. The molecule has 0 unspecified atom stereocenters. The molecule has 2 aromatic carbocycles. The van der Waals surface area contributed by atoms with E-state index in [1.807, 2.05) is 47.9 Å². The van der Waals surface area contributed by atoms with Crippen molar-refractivity contribution in [2.45, 2.75) is 6.92 Å². The van der Waals surface area contributed by atoms with Gasteiger partial charge in [0.2, 0.25) is 0 Å². The molecule has 1 N–H and O–H groups in total. The maximum absolute atomic E-state index is 14.6. The van der Waals surface area contributed by atoms with Gasteiger partial charge in [0.15, 0.2) is 0 Å². The molecule has 0 radical (unpaired) electrons. The van der Waals surface area contributed by atoms with Crippen molar-refractivity contribution in [1.29, 1.82) is 5.26 Å². The number of hydrogen-bond donors (Lipinski definition) is 1. The van der Waals surface area contributed by atoms with E-state index < -0.39 is 0 Å². The van der Waals surface area contributed by atoms with Crippen molar-refractivity contribution < 1.29 is 4.39 Å². The Bertz CT molecular complexity index is 1150. The van der Waals surface area contributed by atoms with E-state index in [1.165, 1.54) is 6.07 Å². The lowest BCUT2D eigenvalue weighted by Crippen LogP contribution is -1.98. The Hall–Kier alpha value is -3.91. The summed E-state index contributed by atoms with van der Waals surface area (Å²) in [6, 6.07) is 19.9. The number of anilines is 2. The second-order valence-corrected chi connectivity index (χ2v) is 5.99. The number of nitriles is 1. The van der Waals surface area contributed by atoms with E-state index in [4.69, 9.17) is 5.26 Å². The largest absolute Gasteiger partial charge is 0.339 e. The van der Waals surface area contributed by atoms with Gasteiger partial charge in [-0.25, -0.2) is 9.37 Å². The maximum atomic E-state index is 14.6. The lowest BCUT2D eigenvalue weighted by molar-refractivity contribution is 0.630. The Balaban J connectivity index is 0.00000109. The van der Waals surface area contributed by atoms with Crippen LogP contribution in [0.3, 0.4) is 0 Å². The number of aromatic nitrogens is 2. The molecule has 0 aliphatic rings. The SMILES string of the molecule is C=C.Cc1cccc(F)c1-c1nc2ccccn2c1Nc1cccc(C#N)c1. The van der Waals surface area contributed by atoms with Gasteiger partial charge < -0.3 is 5.32 Å². The summed E-state index contributed by atoms with van der Waals surface area (Å²) in [7, 11) is 0. The molecule has 4 nitrogen and oxygen atoms in total. The van der Waals surface area contributed by atoms with Crippen LogP contribution in [0.25, 0.3) is 16.9 Å². The summed E-state index contributed by atoms with van der Waals surface area (Å²) in [4.78, 5) is 4.64. The van der Waals surface area contributed by atoms with Crippen molar-refractivity contribution >= 4 is 17.2 Å². The van der Waals surface area contributed by atoms with E-state index in [0.29, 0.717) is 28.3 Å². The van der Waals surface area contributed by atoms with Crippen LogP contribution in [0.5, 0.6) is 0 Å². The highest BCUT2D eigenvalue weighted by Gasteiger charge is 2.19. The Kier molecular flexibility index (Phi) is 5.52. The Morgan fingerprint density at radius 2 is 1.86 bits per heavy atom. The number of aryl methyl sites for hydroxylation is 1. The van der Waals surface area contributed by atoms with Gasteiger partial charge in [0.1, 0.15) is 23.0 Å². The molecule has 28 heavy (non-hydrogen) atoms. The predicted molar refractivity (Wildman–Crippen MR) is 111 cm³/mol. The zero-order valence-corrected chi connectivity index (χ0v) is 15.5. The standard InChI is InChI=1S/C21H15FN4.C2H4/c1-14-6-4-9-17(22)19(14)20-21(26-11-3-2-10-18(26)25-20)24-16-8-5-7-15(12-16)13-23;1-2/h2-12,24H,1H3;1-2H2. The number of benzene rings is 2. The molecule has 2 heterocycles. The normalized spacial score (nSPS) is 10.0. The van der Waals surface area contributed by atoms with E-state index in [0.717, 1.165) is 11.3 Å². The highest BCUT2D eigenvalue weighted by atomic mass is 19.1.